The fourth-order valence-electron chi connectivity index (χ4n) is 1.32. The number of hydrogen-bond donors (Lipinski definition) is 1. The van der Waals surface area contributed by atoms with Gasteiger partial charge in [-0.3, -0.25) is 0 Å². The van der Waals surface area contributed by atoms with Crippen molar-refractivity contribution in [3.63, 3.8) is 0 Å². The third-order valence-corrected chi connectivity index (χ3v) is 2.10. The minimum Gasteiger partial charge on any atom is -0.508 e. The molecule has 0 amide bonds. The molecule has 2 nitrogen and oxygen atoms in total. The van der Waals surface area contributed by atoms with Crippen LogP contribution in [0.4, 0.5) is 5.69 Å². The standard InChI is InChI=1S/C11H17NO/c1-4-5-9-8-10(12(2)3)6-7-11(9)13/h6-8,13H,4-5H2,1-3H3. The van der Waals surface area contributed by atoms with E-state index >= 15 is 0 Å². The molecule has 0 spiro atoms. The van der Waals surface area contributed by atoms with Gasteiger partial charge in [0.25, 0.3) is 0 Å². The SMILES string of the molecule is CCCc1cc(N(C)C)ccc1O. The number of rotatable bonds is 3. The number of aromatic hydroxyl groups is 1. The van der Waals surface area contributed by atoms with E-state index in [1.807, 2.05) is 31.1 Å². The summed E-state index contributed by atoms with van der Waals surface area (Å²) in [5, 5.41) is 9.53. The maximum Gasteiger partial charge on any atom is 0.118 e. The van der Waals surface area contributed by atoms with Crippen LogP contribution in [-0.4, -0.2) is 19.2 Å². The molecule has 1 rings (SSSR count). The molecule has 1 N–H and O–H groups in total. The first-order valence-corrected chi connectivity index (χ1v) is 4.64. The highest BCUT2D eigenvalue weighted by molar-refractivity contribution is 5.51. The van der Waals surface area contributed by atoms with Gasteiger partial charge in [0, 0.05) is 19.8 Å². The highest BCUT2D eigenvalue weighted by atomic mass is 16.3. The smallest absolute Gasteiger partial charge is 0.118 e. The molecule has 0 heterocycles. The normalized spacial score (nSPS) is 10.1. The van der Waals surface area contributed by atoms with E-state index in [1.54, 1.807) is 6.07 Å². The van der Waals surface area contributed by atoms with Crippen molar-refractivity contribution in [2.45, 2.75) is 19.8 Å². The van der Waals surface area contributed by atoms with Crippen molar-refractivity contribution in [3.8, 4) is 5.75 Å². The van der Waals surface area contributed by atoms with E-state index in [-0.39, 0.29) is 0 Å². The van der Waals surface area contributed by atoms with Gasteiger partial charge in [0.2, 0.25) is 0 Å². The largest absolute Gasteiger partial charge is 0.508 e. The number of aryl methyl sites for hydroxylation is 1. The first kappa shape index (κ1) is 9.90. The van der Waals surface area contributed by atoms with Gasteiger partial charge in [0.15, 0.2) is 0 Å². The topological polar surface area (TPSA) is 23.5 Å². The zero-order valence-corrected chi connectivity index (χ0v) is 8.54. The lowest BCUT2D eigenvalue weighted by molar-refractivity contribution is 0.467. The quantitative estimate of drug-likeness (QED) is 0.770. The Morgan fingerprint density at radius 3 is 2.54 bits per heavy atom. The predicted octanol–water partition coefficient (Wildman–Crippen LogP) is 2.41. The average molecular weight is 179 g/mol. The van der Waals surface area contributed by atoms with Gasteiger partial charge in [0.1, 0.15) is 5.75 Å². The van der Waals surface area contributed by atoms with Gasteiger partial charge in [-0.05, 0) is 30.2 Å². The van der Waals surface area contributed by atoms with Crippen molar-refractivity contribution in [2.75, 3.05) is 19.0 Å². The van der Waals surface area contributed by atoms with Crippen LogP contribution in [0.15, 0.2) is 18.2 Å². The van der Waals surface area contributed by atoms with Gasteiger partial charge in [0.05, 0.1) is 0 Å². The lowest BCUT2D eigenvalue weighted by Crippen LogP contribution is -2.08. The van der Waals surface area contributed by atoms with Crippen LogP contribution in [0.1, 0.15) is 18.9 Å². The summed E-state index contributed by atoms with van der Waals surface area (Å²) < 4.78 is 0. The Morgan fingerprint density at radius 2 is 2.00 bits per heavy atom. The summed E-state index contributed by atoms with van der Waals surface area (Å²) in [5.74, 6) is 0.410. The van der Waals surface area contributed by atoms with E-state index in [2.05, 4.69) is 6.92 Å². The molecule has 1 aromatic carbocycles. The Morgan fingerprint density at radius 1 is 1.31 bits per heavy atom. The van der Waals surface area contributed by atoms with E-state index in [0.29, 0.717) is 5.75 Å². The molecule has 13 heavy (non-hydrogen) atoms. The zero-order chi connectivity index (χ0) is 9.84. The molecule has 1 aromatic rings. The fourth-order valence-corrected chi connectivity index (χ4v) is 1.32. The Hall–Kier alpha value is -1.18. The first-order chi connectivity index (χ1) is 6.15. The molecule has 0 aliphatic heterocycles. The molecule has 0 saturated carbocycles. The predicted molar refractivity (Wildman–Crippen MR) is 56.4 cm³/mol. The van der Waals surface area contributed by atoms with Crippen molar-refractivity contribution in [3.05, 3.63) is 23.8 Å². The fraction of sp³-hybridized carbons (Fsp3) is 0.455. The minimum absolute atomic E-state index is 0.410. The molecule has 0 unspecified atom stereocenters. The van der Waals surface area contributed by atoms with Crippen LogP contribution < -0.4 is 4.90 Å². The summed E-state index contributed by atoms with van der Waals surface area (Å²) in [7, 11) is 4.00. The van der Waals surface area contributed by atoms with E-state index in [1.165, 1.54) is 0 Å². The number of anilines is 1. The van der Waals surface area contributed by atoms with Gasteiger partial charge in [-0.2, -0.15) is 0 Å². The van der Waals surface area contributed by atoms with Crippen molar-refractivity contribution in [1.29, 1.82) is 0 Å². The van der Waals surface area contributed by atoms with E-state index in [9.17, 15) is 5.11 Å². The third-order valence-electron chi connectivity index (χ3n) is 2.10. The molecular formula is C11H17NO. The summed E-state index contributed by atoms with van der Waals surface area (Å²) >= 11 is 0. The summed E-state index contributed by atoms with van der Waals surface area (Å²) in [5.41, 5.74) is 2.18. The van der Waals surface area contributed by atoms with Crippen molar-refractivity contribution in [2.24, 2.45) is 0 Å². The molecule has 0 bridgehead atoms. The Bertz CT molecular complexity index is 281. The second kappa shape index (κ2) is 4.17. The summed E-state index contributed by atoms with van der Waals surface area (Å²) in [6, 6.07) is 5.73. The molecule has 0 radical (unpaired) electrons. The second-order valence-corrected chi connectivity index (χ2v) is 3.46. The van der Waals surface area contributed by atoms with E-state index < -0.39 is 0 Å². The highest BCUT2D eigenvalue weighted by Gasteiger charge is 2.02. The number of hydrogen-bond acceptors (Lipinski definition) is 2. The zero-order valence-electron chi connectivity index (χ0n) is 8.54. The van der Waals surface area contributed by atoms with Gasteiger partial charge in [-0.25, -0.2) is 0 Å². The number of phenolic OH excluding ortho intramolecular Hbond substituents is 1. The van der Waals surface area contributed by atoms with Crippen molar-refractivity contribution < 1.29 is 5.11 Å². The van der Waals surface area contributed by atoms with Gasteiger partial charge in [-0.1, -0.05) is 13.3 Å². The van der Waals surface area contributed by atoms with Crippen LogP contribution >= 0.6 is 0 Å². The van der Waals surface area contributed by atoms with Gasteiger partial charge in [-0.15, -0.1) is 0 Å². The summed E-state index contributed by atoms with van der Waals surface area (Å²) in [6.07, 6.45) is 2.00. The third kappa shape index (κ3) is 2.38. The van der Waals surface area contributed by atoms with Gasteiger partial charge >= 0.3 is 0 Å². The molecule has 0 atom stereocenters. The van der Waals surface area contributed by atoms with Crippen LogP contribution in [0.2, 0.25) is 0 Å². The van der Waals surface area contributed by atoms with Crippen LogP contribution in [0.3, 0.4) is 0 Å². The molecule has 0 aliphatic rings. The monoisotopic (exact) mass is 179 g/mol. The van der Waals surface area contributed by atoms with Crippen LogP contribution in [-0.2, 0) is 6.42 Å². The summed E-state index contributed by atoms with van der Waals surface area (Å²) in [4.78, 5) is 2.04. The maximum absolute atomic E-state index is 9.53. The summed E-state index contributed by atoms with van der Waals surface area (Å²) in [6.45, 7) is 2.11. The minimum atomic E-state index is 0.410. The first-order valence-electron chi connectivity index (χ1n) is 4.64. The molecule has 72 valence electrons. The average Bonchev–Trinajstić information content (AvgIpc) is 2.08. The molecule has 2 heteroatoms. The molecule has 0 fully saturated rings. The van der Waals surface area contributed by atoms with Crippen molar-refractivity contribution >= 4 is 5.69 Å². The van der Waals surface area contributed by atoms with Crippen LogP contribution in [0, 0.1) is 0 Å². The lowest BCUT2D eigenvalue weighted by Gasteiger charge is -2.14. The molecular weight excluding hydrogens is 162 g/mol. The Balaban J connectivity index is 2.97. The number of phenols is 1. The molecule has 0 aliphatic carbocycles. The molecule has 0 saturated heterocycles. The molecule has 0 aromatic heterocycles. The van der Waals surface area contributed by atoms with Gasteiger partial charge < -0.3 is 10.0 Å². The highest BCUT2D eigenvalue weighted by Crippen LogP contribution is 2.23. The Labute approximate surface area is 79.8 Å². The maximum atomic E-state index is 9.53. The van der Waals surface area contributed by atoms with Crippen LogP contribution in [0.5, 0.6) is 5.75 Å². The number of nitrogens with zero attached hydrogens (tertiary/aromatic N) is 1. The second-order valence-electron chi connectivity index (χ2n) is 3.46. The Kier molecular flexibility index (Phi) is 3.18. The number of benzene rings is 1. The van der Waals surface area contributed by atoms with Crippen LogP contribution in [0.25, 0.3) is 0 Å². The van der Waals surface area contributed by atoms with Crippen molar-refractivity contribution in [1.82, 2.24) is 0 Å². The van der Waals surface area contributed by atoms with E-state index in [4.69, 9.17) is 0 Å². The lowest BCUT2D eigenvalue weighted by atomic mass is 10.1. The van der Waals surface area contributed by atoms with E-state index in [0.717, 1.165) is 24.1 Å².